The summed E-state index contributed by atoms with van der Waals surface area (Å²) >= 11 is 5.69. The number of aryl methyl sites for hydroxylation is 1. The zero-order valence-electron chi connectivity index (χ0n) is 9.97. The molecular weight excluding hydrogens is 222 g/mol. The molecule has 1 aromatic carbocycles. The maximum Gasteiger partial charge on any atom is 0.123 e. The Morgan fingerprint density at radius 3 is 2.69 bits per heavy atom. The van der Waals surface area contributed by atoms with Crippen LogP contribution in [0.15, 0.2) is 23.7 Å². The lowest BCUT2D eigenvalue weighted by atomic mass is 10.00. The summed E-state index contributed by atoms with van der Waals surface area (Å²) in [5, 5.41) is 13.8. The summed E-state index contributed by atoms with van der Waals surface area (Å²) in [6.45, 7) is 10.0. The van der Waals surface area contributed by atoms with E-state index in [9.17, 15) is 5.11 Å². The van der Waals surface area contributed by atoms with Crippen LogP contribution in [0.25, 0.3) is 0 Å². The molecule has 1 aromatic rings. The first-order chi connectivity index (χ1) is 7.43. The molecule has 0 aromatic heterocycles. The minimum absolute atomic E-state index is 0.0507. The van der Waals surface area contributed by atoms with Gasteiger partial charge in [-0.2, -0.15) is 0 Å². The summed E-state index contributed by atoms with van der Waals surface area (Å²) < 4.78 is 0. The van der Waals surface area contributed by atoms with E-state index in [1.54, 1.807) is 0 Å². The third kappa shape index (κ3) is 3.00. The van der Waals surface area contributed by atoms with Crippen molar-refractivity contribution in [2.24, 2.45) is 0 Å². The zero-order chi connectivity index (χ0) is 12.3. The molecule has 0 spiro atoms. The molecule has 1 rings (SSSR count). The normalized spacial score (nSPS) is 12.5. The average molecular weight is 240 g/mol. The highest BCUT2D eigenvalue weighted by molar-refractivity contribution is 6.29. The molecule has 0 bridgehead atoms. The molecule has 0 radical (unpaired) electrons. The highest BCUT2D eigenvalue weighted by Crippen LogP contribution is 2.29. The zero-order valence-corrected chi connectivity index (χ0v) is 10.7. The summed E-state index contributed by atoms with van der Waals surface area (Å²) in [6.07, 6.45) is 0. The van der Waals surface area contributed by atoms with Gasteiger partial charge in [-0.25, -0.2) is 0 Å². The Morgan fingerprint density at radius 2 is 2.12 bits per heavy atom. The fraction of sp³-hybridized carbons (Fsp3) is 0.385. The van der Waals surface area contributed by atoms with E-state index in [0.29, 0.717) is 17.3 Å². The standard InChI is InChI=1S/C13H18ClNO/c1-8-5-6-12(13(16)10(8)3)11(4)15-7-9(2)14/h5-6,11,15-16H,2,7H2,1,3-4H3. The van der Waals surface area contributed by atoms with Crippen LogP contribution < -0.4 is 5.32 Å². The quantitative estimate of drug-likeness (QED) is 0.844. The molecule has 88 valence electrons. The predicted molar refractivity (Wildman–Crippen MR) is 69.0 cm³/mol. The minimum Gasteiger partial charge on any atom is -0.507 e. The van der Waals surface area contributed by atoms with Crippen LogP contribution in [0.2, 0.25) is 0 Å². The molecule has 0 aliphatic heterocycles. The SMILES string of the molecule is C=C(Cl)CNC(C)c1ccc(C)c(C)c1O. The second-order valence-electron chi connectivity index (χ2n) is 4.07. The first-order valence-corrected chi connectivity index (χ1v) is 5.67. The fourth-order valence-corrected chi connectivity index (χ4v) is 1.62. The number of hydrogen-bond donors (Lipinski definition) is 2. The Balaban J connectivity index is 2.87. The lowest BCUT2D eigenvalue weighted by Crippen LogP contribution is -2.20. The molecule has 0 aliphatic carbocycles. The molecule has 0 fully saturated rings. The Kier molecular flexibility index (Phi) is 4.39. The van der Waals surface area contributed by atoms with Crippen LogP contribution in [0.5, 0.6) is 5.75 Å². The lowest BCUT2D eigenvalue weighted by Gasteiger charge is -2.17. The average Bonchev–Trinajstić information content (AvgIpc) is 2.23. The van der Waals surface area contributed by atoms with Crippen molar-refractivity contribution in [3.8, 4) is 5.75 Å². The van der Waals surface area contributed by atoms with Gasteiger partial charge in [-0.05, 0) is 31.9 Å². The summed E-state index contributed by atoms with van der Waals surface area (Å²) in [4.78, 5) is 0. The number of phenols is 1. The van der Waals surface area contributed by atoms with Crippen molar-refractivity contribution in [1.29, 1.82) is 0 Å². The number of nitrogens with one attached hydrogen (secondary N) is 1. The second kappa shape index (κ2) is 5.37. The van der Waals surface area contributed by atoms with Gasteiger partial charge in [-0.3, -0.25) is 0 Å². The highest BCUT2D eigenvalue weighted by atomic mass is 35.5. The van der Waals surface area contributed by atoms with E-state index >= 15 is 0 Å². The van der Waals surface area contributed by atoms with E-state index in [1.807, 2.05) is 32.9 Å². The largest absolute Gasteiger partial charge is 0.507 e. The molecule has 1 atom stereocenters. The van der Waals surface area contributed by atoms with Crippen LogP contribution in [0, 0.1) is 13.8 Å². The summed E-state index contributed by atoms with van der Waals surface area (Å²) in [5.41, 5.74) is 2.91. The van der Waals surface area contributed by atoms with E-state index < -0.39 is 0 Å². The second-order valence-corrected chi connectivity index (χ2v) is 4.60. The van der Waals surface area contributed by atoms with Crippen LogP contribution in [0.3, 0.4) is 0 Å². The van der Waals surface area contributed by atoms with Crippen molar-refractivity contribution in [3.05, 3.63) is 40.4 Å². The summed E-state index contributed by atoms with van der Waals surface area (Å²) in [5.74, 6) is 0.361. The van der Waals surface area contributed by atoms with Crippen molar-refractivity contribution in [2.75, 3.05) is 6.54 Å². The maximum atomic E-state index is 10.0. The smallest absolute Gasteiger partial charge is 0.123 e. The molecule has 0 saturated heterocycles. The molecule has 16 heavy (non-hydrogen) atoms. The Hall–Kier alpha value is -0.990. The van der Waals surface area contributed by atoms with E-state index in [2.05, 4.69) is 11.9 Å². The van der Waals surface area contributed by atoms with Crippen molar-refractivity contribution in [1.82, 2.24) is 5.32 Å². The molecule has 0 saturated carbocycles. The summed E-state index contributed by atoms with van der Waals surface area (Å²) in [6, 6.07) is 4.00. The molecule has 0 aliphatic rings. The van der Waals surface area contributed by atoms with Gasteiger partial charge >= 0.3 is 0 Å². The first kappa shape index (κ1) is 13.1. The van der Waals surface area contributed by atoms with Crippen LogP contribution in [0.4, 0.5) is 0 Å². The van der Waals surface area contributed by atoms with E-state index in [1.165, 1.54) is 0 Å². The number of benzene rings is 1. The van der Waals surface area contributed by atoms with Gasteiger partial charge in [-0.1, -0.05) is 30.3 Å². The predicted octanol–water partition coefficient (Wildman–Crippen LogP) is 3.41. The van der Waals surface area contributed by atoms with Crippen LogP contribution in [0.1, 0.15) is 29.7 Å². The first-order valence-electron chi connectivity index (χ1n) is 5.29. The molecule has 2 nitrogen and oxygen atoms in total. The van der Waals surface area contributed by atoms with Gasteiger partial charge < -0.3 is 10.4 Å². The van der Waals surface area contributed by atoms with E-state index in [-0.39, 0.29) is 6.04 Å². The Labute approximate surface area is 102 Å². The van der Waals surface area contributed by atoms with Gasteiger partial charge in [0.15, 0.2) is 0 Å². The maximum absolute atomic E-state index is 10.0. The number of phenolic OH excluding ortho intramolecular Hbond substituents is 1. The van der Waals surface area contributed by atoms with Crippen LogP contribution in [-0.4, -0.2) is 11.7 Å². The molecular formula is C13H18ClNO. The number of halogens is 1. The summed E-state index contributed by atoms with van der Waals surface area (Å²) in [7, 11) is 0. The van der Waals surface area contributed by atoms with Gasteiger partial charge in [0.25, 0.3) is 0 Å². The van der Waals surface area contributed by atoms with E-state index in [0.717, 1.165) is 16.7 Å². The highest BCUT2D eigenvalue weighted by Gasteiger charge is 2.12. The molecule has 0 heterocycles. The van der Waals surface area contributed by atoms with Gasteiger partial charge in [0.05, 0.1) is 0 Å². The van der Waals surface area contributed by atoms with Crippen molar-refractivity contribution < 1.29 is 5.11 Å². The van der Waals surface area contributed by atoms with Crippen LogP contribution >= 0.6 is 11.6 Å². The van der Waals surface area contributed by atoms with Crippen molar-refractivity contribution in [3.63, 3.8) is 0 Å². The minimum atomic E-state index is 0.0507. The Morgan fingerprint density at radius 1 is 1.50 bits per heavy atom. The molecule has 3 heteroatoms. The number of rotatable bonds is 4. The molecule has 1 unspecified atom stereocenters. The third-order valence-electron chi connectivity index (χ3n) is 2.80. The van der Waals surface area contributed by atoms with Gasteiger partial charge in [0.2, 0.25) is 0 Å². The van der Waals surface area contributed by atoms with Gasteiger partial charge in [0.1, 0.15) is 5.75 Å². The number of hydrogen-bond acceptors (Lipinski definition) is 2. The topological polar surface area (TPSA) is 32.3 Å². The van der Waals surface area contributed by atoms with Crippen LogP contribution in [-0.2, 0) is 0 Å². The van der Waals surface area contributed by atoms with Gasteiger partial charge in [0, 0.05) is 23.2 Å². The lowest BCUT2D eigenvalue weighted by molar-refractivity contribution is 0.451. The molecule has 0 amide bonds. The third-order valence-corrected chi connectivity index (χ3v) is 2.93. The fourth-order valence-electron chi connectivity index (χ4n) is 1.55. The monoisotopic (exact) mass is 239 g/mol. The van der Waals surface area contributed by atoms with Gasteiger partial charge in [-0.15, -0.1) is 0 Å². The van der Waals surface area contributed by atoms with E-state index in [4.69, 9.17) is 11.6 Å². The molecule has 2 N–H and O–H groups in total. The van der Waals surface area contributed by atoms with Crippen molar-refractivity contribution >= 4 is 11.6 Å². The number of aromatic hydroxyl groups is 1. The Bertz CT molecular complexity index is 401. The van der Waals surface area contributed by atoms with Crippen molar-refractivity contribution in [2.45, 2.75) is 26.8 Å².